The zero-order valence-corrected chi connectivity index (χ0v) is 10.7. The molecule has 0 aromatic rings. The molecule has 0 radical (unpaired) electrons. The zero-order valence-electron chi connectivity index (χ0n) is 9.91. The van der Waals surface area contributed by atoms with Gasteiger partial charge < -0.3 is 5.32 Å². The minimum absolute atomic E-state index is 0.132. The monoisotopic (exact) mass is 289 g/mol. The molecule has 1 rings (SSSR count). The van der Waals surface area contributed by atoms with Crippen molar-refractivity contribution in [3.63, 3.8) is 0 Å². The average Bonchev–Trinajstić information content (AvgIpc) is 2.56. The summed E-state index contributed by atoms with van der Waals surface area (Å²) in [6.07, 6.45) is -3.46. The van der Waals surface area contributed by atoms with E-state index >= 15 is 0 Å². The summed E-state index contributed by atoms with van der Waals surface area (Å²) >= 11 is 0. The number of alkyl halides is 3. The van der Waals surface area contributed by atoms with Gasteiger partial charge in [0.15, 0.2) is 0 Å². The average molecular weight is 289 g/mol. The van der Waals surface area contributed by atoms with E-state index < -0.39 is 22.7 Å². The van der Waals surface area contributed by atoms with Gasteiger partial charge in [0.05, 0.1) is 12.3 Å². The number of sulfonamides is 1. The SMILES string of the molecule is NS(=O)(=O)CCNCC1CCN(CC(F)(F)F)C1. The van der Waals surface area contributed by atoms with Crippen LogP contribution in [0.25, 0.3) is 0 Å². The lowest BCUT2D eigenvalue weighted by Crippen LogP contribution is -2.34. The molecule has 9 heteroatoms. The van der Waals surface area contributed by atoms with Gasteiger partial charge in [0, 0.05) is 13.1 Å². The van der Waals surface area contributed by atoms with Crippen LogP contribution in [0.3, 0.4) is 0 Å². The molecule has 1 unspecified atom stereocenters. The Balaban J connectivity index is 2.15. The summed E-state index contributed by atoms with van der Waals surface area (Å²) in [7, 11) is -3.48. The van der Waals surface area contributed by atoms with Crippen molar-refractivity contribution < 1.29 is 21.6 Å². The van der Waals surface area contributed by atoms with Gasteiger partial charge in [-0.1, -0.05) is 0 Å². The van der Waals surface area contributed by atoms with Crippen LogP contribution in [-0.4, -0.2) is 58.0 Å². The van der Waals surface area contributed by atoms with Crippen LogP contribution in [0.15, 0.2) is 0 Å². The van der Waals surface area contributed by atoms with Gasteiger partial charge in [-0.15, -0.1) is 0 Å². The Morgan fingerprint density at radius 3 is 2.61 bits per heavy atom. The van der Waals surface area contributed by atoms with Crippen molar-refractivity contribution in [2.75, 3.05) is 38.5 Å². The smallest absolute Gasteiger partial charge is 0.315 e. The molecule has 108 valence electrons. The van der Waals surface area contributed by atoms with E-state index in [9.17, 15) is 21.6 Å². The molecule has 1 atom stereocenters. The minimum Gasteiger partial charge on any atom is -0.315 e. The van der Waals surface area contributed by atoms with Crippen LogP contribution in [0.5, 0.6) is 0 Å². The van der Waals surface area contributed by atoms with Crippen molar-refractivity contribution >= 4 is 10.0 Å². The van der Waals surface area contributed by atoms with Crippen LogP contribution in [0.2, 0.25) is 0 Å². The lowest BCUT2D eigenvalue weighted by Gasteiger charge is -2.17. The van der Waals surface area contributed by atoms with Crippen molar-refractivity contribution in [2.24, 2.45) is 11.1 Å². The van der Waals surface area contributed by atoms with Crippen LogP contribution < -0.4 is 10.5 Å². The molecule has 0 amide bonds. The molecule has 5 nitrogen and oxygen atoms in total. The molecule has 1 saturated heterocycles. The molecular formula is C9H18F3N3O2S. The third kappa shape index (κ3) is 7.14. The van der Waals surface area contributed by atoms with Crippen molar-refractivity contribution in [1.29, 1.82) is 0 Å². The van der Waals surface area contributed by atoms with E-state index in [1.165, 1.54) is 4.90 Å². The highest BCUT2D eigenvalue weighted by Crippen LogP contribution is 2.22. The largest absolute Gasteiger partial charge is 0.401 e. The number of rotatable bonds is 6. The standard InChI is InChI=1S/C9H18F3N3O2S/c10-9(11,12)7-15-3-1-8(6-15)5-14-2-4-18(13,16)17/h8,14H,1-7H2,(H2,13,16,17). The maximum atomic E-state index is 12.1. The number of likely N-dealkylation sites (tertiary alicyclic amines) is 1. The van der Waals surface area contributed by atoms with Crippen LogP contribution in [0.4, 0.5) is 13.2 Å². The first-order chi connectivity index (χ1) is 8.16. The zero-order chi connectivity index (χ0) is 13.8. The van der Waals surface area contributed by atoms with Crippen molar-refractivity contribution in [3.8, 4) is 0 Å². The molecule has 1 aliphatic heterocycles. The summed E-state index contributed by atoms with van der Waals surface area (Å²) in [4.78, 5) is 1.37. The predicted molar refractivity (Wildman–Crippen MR) is 61.4 cm³/mol. The highest BCUT2D eigenvalue weighted by Gasteiger charge is 2.34. The molecule has 0 aromatic heterocycles. The van der Waals surface area contributed by atoms with Gasteiger partial charge in [0.1, 0.15) is 0 Å². The molecule has 1 heterocycles. The number of nitrogens with two attached hydrogens (primary N) is 1. The molecule has 0 saturated carbocycles. The first-order valence-corrected chi connectivity index (χ1v) is 7.37. The third-order valence-electron chi connectivity index (χ3n) is 2.77. The molecular weight excluding hydrogens is 271 g/mol. The fraction of sp³-hybridized carbons (Fsp3) is 1.00. The summed E-state index contributed by atoms with van der Waals surface area (Å²) in [6.45, 7) is 0.697. The van der Waals surface area contributed by atoms with Crippen LogP contribution in [0, 0.1) is 5.92 Å². The van der Waals surface area contributed by atoms with Crippen molar-refractivity contribution in [3.05, 3.63) is 0 Å². The second-order valence-electron chi connectivity index (χ2n) is 4.58. The van der Waals surface area contributed by atoms with E-state index in [1.54, 1.807) is 0 Å². The quantitative estimate of drug-likeness (QED) is 0.661. The lowest BCUT2D eigenvalue weighted by atomic mass is 10.1. The molecule has 18 heavy (non-hydrogen) atoms. The van der Waals surface area contributed by atoms with Gasteiger partial charge in [-0.2, -0.15) is 13.2 Å². The van der Waals surface area contributed by atoms with E-state index in [-0.39, 0.29) is 18.2 Å². The van der Waals surface area contributed by atoms with Crippen LogP contribution in [0.1, 0.15) is 6.42 Å². The van der Waals surface area contributed by atoms with Gasteiger partial charge in [0.25, 0.3) is 0 Å². The Kier molecular flexibility index (Phi) is 5.38. The maximum Gasteiger partial charge on any atom is 0.401 e. The second-order valence-corrected chi connectivity index (χ2v) is 6.31. The van der Waals surface area contributed by atoms with Gasteiger partial charge in [-0.3, -0.25) is 4.90 Å². The Labute approximate surface area is 105 Å². The summed E-state index contributed by atoms with van der Waals surface area (Å²) in [6, 6.07) is 0. The number of hydrogen-bond acceptors (Lipinski definition) is 4. The van der Waals surface area contributed by atoms with Crippen LogP contribution >= 0.6 is 0 Å². The summed E-state index contributed by atoms with van der Waals surface area (Å²) in [5.41, 5.74) is 0. The number of nitrogens with zero attached hydrogens (tertiary/aromatic N) is 1. The van der Waals surface area contributed by atoms with E-state index in [1.807, 2.05) is 0 Å². The van der Waals surface area contributed by atoms with Gasteiger partial charge >= 0.3 is 6.18 Å². The minimum atomic E-state index is -4.16. The first-order valence-electron chi connectivity index (χ1n) is 5.66. The van der Waals surface area contributed by atoms with Crippen LogP contribution in [-0.2, 0) is 10.0 Å². The van der Waals surface area contributed by atoms with Gasteiger partial charge in [-0.25, -0.2) is 13.6 Å². The van der Waals surface area contributed by atoms with E-state index in [2.05, 4.69) is 5.32 Å². The number of primary sulfonamides is 1. The Bertz CT molecular complexity index is 359. The van der Waals surface area contributed by atoms with Crippen molar-refractivity contribution in [1.82, 2.24) is 10.2 Å². The summed E-state index contributed by atoms with van der Waals surface area (Å²) < 4.78 is 57.7. The van der Waals surface area contributed by atoms with E-state index in [4.69, 9.17) is 5.14 Å². The first kappa shape index (κ1) is 15.7. The molecule has 1 aliphatic rings. The molecule has 0 bridgehead atoms. The fourth-order valence-corrected chi connectivity index (χ4v) is 2.43. The number of nitrogens with one attached hydrogen (secondary N) is 1. The Morgan fingerprint density at radius 1 is 1.39 bits per heavy atom. The number of halogens is 3. The van der Waals surface area contributed by atoms with E-state index in [0.29, 0.717) is 26.1 Å². The van der Waals surface area contributed by atoms with Crippen molar-refractivity contribution in [2.45, 2.75) is 12.6 Å². The highest BCUT2D eigenvalue weighted by atomic mass is 32.2. The fourth-order valence-electron chi connectivity index (χ4n) is 2.00. The molecule has 0 aliphatic carbocycles. The normalized spacial score (nSPS) is 22.6. The van der Waals surface area contributed by atoms with Gasteiger partial charge in [0.2, 0.25) is 10.0 Å². The topological polar surface area (TPSA) is 75.4 Å². The molecule has 0 spiro atoms. The number of hydrogen-bond donors (Lipinski definition) is 2. The summed E-state index contributed by atoms with van der Waals surface area (Å²) in [5, 5.41) is 7.72. The second kappa shape index (κ2) is 6.18. The van der Waals surface area contributed by atoms with E-state index in [0.717, 1.165) is 0 Å². The molecule has 0 aromatic carbocycles. The highest BCUT2D eigenvalue weighted by molar-refractivity contribution is 7.89. The molecule has 1 fully saturated rings. The van der Waals surface area contributed by atoms with Gasteiger partial charge in [-0.05, 0) is 25.4 Å². The molecule has 3 N–H and O–H groups in total. The maximum absolute atomic E-state index is 12.1. The summed E-state index contributed by atoms with van der Waals surface area (Å²) in [5.74, 6) is -0.0285. The Hall–Kier alpha value is -0.380. The lowest BCUT2D eigenvalue weighted by molar-refractivity contribution is -0.143. The third-order valence-corrected chi connectivity index (χ3v) is 3.54. The Morgan fingerprint density at radius 2 is 2.06 bits per heavy atom. The predicted octanol–water partition coefficient (Wildman–Crippen LogP) is -0.251.